The Morgan fingerprint density at radius 3 is 2.78 bits per heavy atom. The molecule has 36 heavy (non-hydrogen) atoms. The van der Waals surface area contributed by atoms with Gasteiger partial charge >= 0.3 is 5.69 Å². The van der Waals surface area contributed by atoms with Crippen LogP contribution >= 0.6 is 11.3 Å². The predicted octanol–water partition coefficient (Wildman–Crippen LogP) is 2.50. The van der Waals surface area contributed by atoms with Crippen molar-refractivity contribution in [1.82, 2.24) is 19.2 Å². The number of rotatable bonds is 5. The Hall–Kier alpha value is -3.72. The molecular formula is C25H25N5O5S. The molecule has 0 spiro atoms. The lowest BCUT2D eigenvalue weighted by atomic mass is 9.98. The number of carbonyl (C=O) groups is 1. The van der Waals surface area contributed by atoms with Crippen LogP contribution in [0.2, 0.25) is 0 Å². The van der Waals surface area contributed by atoms with E-state index < -0.39 is 23.3 Å². The van der Waals surface area contributed by atoms with E-state index in [-0.39, 0.29) is 36.1 Å². The molecule has 1 fully saturated rings. The molecule has 4 aromatic rings. The van der Waals surface area contributed by atoms with Gasteiger partial charge in [-0.05, 0) is 36.6 Å². The number of hydrogen-bond acceptors (Lipinski definition) is 7. The predicted molar refractivity (Wildman–Crippen MR) is 135 cm³/mol. The van der Waals surface area contributed by atoms with E-state index in [1.165, 1.54) is 18.4 Å². The molecule has 3 aromatic heterocycles. The molecule has 1 aliphatic rings. The Labute approximate surface area is 209 Å². The first-order valence-corrected chi connectivity index (χ1v) is 12.4. The number of hydrogen-bond donors (Lipinski definition) is 2. The second-order valence-electron chi connectivity index (χ2n) is 9.41. The van der Waals surface area contributed by atoms with Gasteiger partial charge in [0.2, 0.25) is 0 Å². The standard InChI is InChI=1S/C25H25N5O5S/c1-13(2)8-18(29-7-6-15-9-14(10-26)4-5-17(15)29)21-19(24(33)30-11-16(31)12-35-30)20-22(36-21)27-25(34)28(3)23(20)32/h4-7,9,13,16,18,31H,8,11-12H2,1-3H3,(H,27,34). The topological polar surface area (TPSA) is 133 Å². The molecule has 4 heterocycles. The largest absolute Gasteiger partial charge is 0.389 e. The van der Waals surface area contributed by atoms with Crippen LogP contribution in [0.4, 0.5) is 0 Å². The molecular weight excluding hydrogens is 482 g/mol. The van der Waals surface area contributed by atoms with Crippen molar-refractivity contribution in [2.24, 2.45) is 13.0 Å². The number of aromatic nitrogens is 3. The minimum atomic E-state index is -0.820. The summed E-state index contributed by atoms with van der Waals surface area (Å²) in [5, 5.41) is 21.3. The highest BCUT2D eigenvalue weighted by Crippen LogP contribution is 2.40. The van der Waals surface area contributed by atoms with Crippen molar-refractivity contribution in [3.63, 3.8) is 0 Å². The van der Waals surface area contributed by atoms with Crippen LogP contribution in [-0.4, -0.2) is 49.5 Å². The second kappa shape index (κ2) is 9.05. The minimum absolute atomic E-state index is 0.0164. The van der Waals surface area contributed by atoms with E-state index in [1.807, 2.05) is 29.0 Å². The van der Waals surface area contributed by atoms with Gasteiger partial charge in [0.1, 0.15) is 17.5 Å². The molecule has 1 aliphatic heterocycles. The molecule has 1 saturated heterocycles. The van der Waals surface area contributed by atoms with Crippen LogP contribution in [0, 0.1) is 17.2 Å². The van der Waals surface area contributed by atoms with Crippen molar-refractivity contribution in [3.05, 3.63) is 67.3 Å². The van der Waals surface area contributed by atoms with E-state index in [2.05, 4.69) is 24.9 Å². The van der Waals surface area contributed by atoms with Gasteiger partial charge in [-0.1, -0.05) is 13.8 Å². The average Bonchev–Trinajstić information content (AvgIpc) is 3.56. The van der Waals surface area contributed by atoms with Crippen molar-refractivity contribution >= 4 is 38.4 Å². The zero-order chi connectivity index (χ0) is 25.7. The van der Waals surface area contributed by atoms with Gasteiger partial charge in [-0.25, -0.2) is 9.86 Å². The summed E-state index contributed by atoms with van der Waals surface area (Å²) in [6.07, 6.45) is 1.73. The highest BCUT2D eigenvalue weighted by molar-refractivity contribution is 7.19. The second-order valence-corrected chi connectivity index (χ2v) is 10.5. The number of thiophene rings is 1. The fourth-order valence-electron chi connectivity index (χ4n) is 4.67. The van der Waals surface area contributed by atoms with Crippen LogP contribution < -0.4 is 11.2 Å². The van der Waals surface area contributed by atoms with E-state index in [9.17, 15) is 24.8 Å². The van der Waals surface area contributed by atoms with Gasteiger partial charge in [-0.15, -0.1) is 11.3 Å². The summed E-state index contributed by atoms with van der Waals surface area (Å²) in [5.74, 6) is -0.306. The summed E-state index contributed by atoms with van der Waals surface area (Å²) in [4.78, 5) is 48.5. The number of aromatic amines is 1. The molecule has 1 aromatic carbocycles. The van der Waals surface area contributed by atoms with E-state index in [4.69, 9.17) is 4.84 Å². The smallest absolute Gasteiger partial charge is 0.329 e. The van der Waals surface area contributed by atoms with Crippen LogP contribution in [0.3, 0.4) is 0 Å². The number of H-pyrrole nitrogens is 1. The maximum Gasteiger partial charge on any atom is 0.329 e. The Bertz CT molecular complexity index is 1650. The Balaban J connectivity index is 1.79. The van der Waals surface area contributed by atoms with Crippen LogP contribution in [-0.2, 0) is 11.9 Å². The fraction of sp³-hybridized carbons (Fsp3) is 0.360. The summed E-state index contributed by atoms with van der Waals surface area (Å²) < 4.78 is 2.99. The molecule has 11 heteroatoms. The third kappa shape index (κ3) is 3.93. The van der Waals surface area contributed by atoms with Gasteiger partial charge in [-0.2, -0.15) is 5.26 Å². The number of benzene rings is 1. The van der Waals surface area contributed by atoms with Crippen molar-refractivity contribution in [2.45, 2.75) is 32.4 Å². The third-order valence-corrected chi connectivity index (χ3v) is 7.61. The molecule has 0 saturated carbocycles. The molecule has 2 unspecified atom stereocenters. The number of nitrogens with one attached hydrogen (secondary N) is 1. The maximum atomic E-state index is 13.8. The number of β-amino-alcohol motifs (C(OH)–C–C–N with tert-alkyl or cyclic N) is 1. The summed E-state index contributed by atoms with van der Waals surface area (Å²) in [7, 11) is 1.36. The minimum Gasteiger partial charge on any atom is -0.389 e. The monoisotopic (exact) mass is 507 g/mol. The van der Waals surface area contributed by atoms with E-state index in [0.717, 1.165) is 20.5 Å². The molecule has 1 amide bonds. The first kappa shape index (κ1) is 24.0. The van der Waals surface area contributed by atoms with Crippen LogP contribution in [0.25, 0.3) is 21.1 Å². The molecule has 5 rings (SSSR count). The fourth-order valence-corrected chi connectivity index (χ4v) is 5.95. The lowest BCUT2D eigenvalue weighted by Crippen LogP contribution is -2.34. The van der Waals surface area contributed by atoms with Crippen molar-refractivity contribution < 1.29 is 14.7 Å². The lowest BCUT2D eigenvalue weighted by Gasteiger charge is -2.23. The van der Waals surface area contributed by atoms with Crippen LogP contribution in [0.15, 0.2) is 40.1 Å². The Morgan fingerprint density at radius 1 is 1.33 bits per heavy atom. The van der Waals surface area contributed by atoms with E-state index in [1.54, 1.807) is 6.07 Å². The van der Waals surface area contributed by atoms with Gasteiger partial charge in [-0.3, -0.25) is 24.0 Å². The summed E-state index contributed by atoms with van der Waals surface area (Å²) in [6, 6.07) is 9.15. The maximum absolute atomic E-state index is 13.8. The van der Waals surface area contributed by atoms with Crippen molar-refractivity contribution in [1.29, 1.82) is 5.26 Å². The van der Waals surface area contributed by atoms with Gasteiger partial charge in [0, 0.05) is 29.0 Å². The van der Waals surface area contributed by atoms with Crippen LogP contribution in [0.1, 0.15) is 47.1 Å². The van der Waals surface area contributed by atoms with Crippen LogP contribution in [0.5, 0.6) is 0 Å². The zero-order valence-corrected chi connectivity index (χ0v) is 20.8. The SMILES string of the molecule is CC(C)CC(c1sc2[nH]c(=O)n(C)c(=O)c2c1C(=O)N1CC(O)CO1)n1ccc2cc(C#N)ccc21. The highest BCUT2D eigenvalue weighted by atomic mass is 32.1. The number of fused-ring (bicyclic) bond motifs is 2. The third-order valence-electron chi connectivity index (χ3n) is 6.40. The molecule has 0 aliphatic carbocycles. The first-order valence-electron chi connectivity index (χ1n) is 11.6. The highest BCUT2D eigenvalue weighted by Gasteiger charge is 2.35. The molecule has 2 N–H and O–H groups in total. The van der Waals surface area contributed by atoms with E-state index in [0.29, 0.717) is 21.7 Å². The van der Waals surface area contributed by atoms with Gasteiger partial charge in [0.25, 0.3) is 11.5 Å². The van der Waals surface area contributed by atoms with Crippen molar-refractivity contribution in [2.75, 3.05) is 13.2 Å². The molecule has 0 bridgehead atoms. The lowest BCUT2D eigenvalue weighted by molar-refractivity contribution is -0.0779. The number of carbonyl (C=O) groups excluding carboxylic acids is 1. The van der Waals surface area contributed by atoms with Gasteiger partial charge in [0.05, 0.1) is 35.2 Å². The Morgan fingerprint density at radius 2 is 2.11 bits per heavy atom. The molecule has 0 radical (unpaired) electrons. The quantitative estimate of drug-likeness (QED) is 0.426. The number of hydroxylamine groups is 2. The summed E-state index contributed by atoms with van der Waals surface area (Å²) >= 11 is 1.21. The number of amides is 1. The molecule has 10 nitrogen and oxygen atoms in total. The zero-order valence-electron chi connectivity index (χ0n) is 20.0. The van der Waals surface area contributed by atoms with Gasteiger partial charge in [0.15, 0.2) is 0 Å². The number of aliphatic hydroxyl groups is 1. The summed E-state index contributed by atoms with van der Waals surface area (Å²) in [5.41, 5.74) is 0.456. The number of nitriles is 1. The average molecular weight is 508 g/mol. The Kier molecular flexibility index (Phi) is 6.04. The number of nitrogens with zero attached hydrogens (tertiary/aromatic N) is 4. The van der Waals surface area contributed by atoms with Crippen molar-refractivity contribution in [3.8, 4) is 6.07 Å². The molecule has 2 atom stereocenters. The van der Waals surface area contributed by atoms with Gasteiger partial charge < -0.3 is 9.67 Å². The van der Waals surface area contributed by atoms with E-state index >= 15 is 0 Å². The first-order chi connectivity index (χ1) is 17.2. The normalized spacial score (nSPS) is 16.8. The molecule has 186 valence electrons. The number of aliphatic hydroxyl groups excluding tert-OH is 1. The summed E-state index contributed by atoms with van der Waals surface area (Å²) in [6.45, 7) is 4.11.